The van der Waals surface area contributed by atoms with E-state index < -0.39 is 18.7 Å². The molecule has 3 nitrogen and oxygen atoms in total. The molecular weight excluding hydrogens is 173 g/mol. The van der Waals surface area contributed by atoms with Crippen molar-refractivity contribution in [1.29, 1.82) is 0 Å². The summed E-state index contributed by atoms with van der Waals surface area (Å²) in [5.74, 6) is -0.522. The first-order valence-electron chi connectivity index (χ1n) is 4.60. The van der Waals surface area contributed by atoms with E-state index in [0.29, 0.717) is 25.3 Å². The molecule has 13 heavy (non-hydrogen) atoms. The zero-order valence-corrected chi connectivity index (χ0v) is 8.22. The van der Waals surface area contributed by atoms with Crippen LogP contribution in [0.3, 0.4) is 0 Å². The molecule has 2 N–H and O–H groups in total. The standard InChI is InChI=1S/C9H18FNO2/c1-7(2)6-8(9(12)13)11-5-3-4-10/h7-8,11H,3-6H2,1-2H3,(H,12,13). The molecule has 1 unspecified atom stereocenters. The van der Waals surface area contributed by atoms with Gasteiger partial charge in [-0.1, -0.05) is 13.8 Å². The van der Waals surface area contributed by atoms with Gasteiger partial charge in [-0.3, -0.25) is 9.18 Å². The highest BCUT2D eigenvalue weighted by Gasteiger charge is 2.17. The lowest BCUT2D eigenvalue weighted by molar-refractivity contribution is -0.139. The maximum atomic E-state index is 11.7. The van der Waals surface area contributed by atoms with Crippen molar-refractivity contribution >= 4 is 5.97 Å². The molecule has 0 rings (SSSR count). The molecule has 0 aromatic heterocycles. The van der Waals surface area contributed by atoms with Crippen molar-refractivity contribution in [2.24, 2.45) is 5.92 Å². The molecule has 4 heteroatoms. The molecule has 0 aliphatic rings. The predicted molar refractivity (Wildman–Crippen MR) is 49.5 cm³/mol. The summed E-state index contributed by atoms with van der Waals surface area (Å²) in [5, 5.41) is 11.6. The van der Waals surface area contributed by atoms with Gasteiger partial charge in [-0.05, 0) is 25.3 Å². The number of hydrogen-bond acceptors (Lipinski definition) is 2. The maximum absolute atomic E-state index is 11.7. The van der Waals surface area contributed by atoms with Crippen molar-refractivity contribution in [3.63, 3.8) is 0 Å². The molecule has 0 radical (unpaired) electrons. The third-order valence-corrected chi connectivity index (χ3v) is 1.71. The van der Waals surface area contributed by atoms with Crippen molar-refractivity contribution in [2.45, 2.75) is 32.7 Å². The first kappa shape index (κ1) is 12.4. The highest BCUT2D eigenvalue weighted by atomic mass is 19.1. The Balaban J connectivity index is 3.74. The molecule has 0 aliphatic heterocycles. The van der Waals surface area contributed by atoms with Crippen molar-refractivity contribution in [1.82, 2.24) is 5.32 Å². The first-order chi connectivity index (χ1) is 6.07. The number of rotatable bonds is 7. The molecule has 78 valence electrons. The Morgan fingerprint density at radius 2 is 2.15 bits per heavy atom. The van der Waals surface area contributed by atoms with E-state index in [1.807, 2.05) is 13.8 Å². The Labute approximate surface area is 78.3 Å². The van der Waals surface area contributed by atoms with Gasteiger partial charge in [-0.25, -0.2) is 0 Å². The van der Waals surface area contributed by atoms with Gasteiger partial charge in [0, 0.05) is 0 Å². The Kier molecular flexibility index (Phi) is 6.49. The molecule has 0 aromatic carbocycles. The van der Waals surface area contributed by atoms with E-state index in [-0.39, 0.29) is 0 Å². The summed E-state index contributed by atoms with van der Waals surface area (Å²) in [4.78, 5) is 10.7. The van der Waals surface area contributed by atoms with Crippen molar-refractivity contribution in [2.75, 3.05) is 13.2 Å². The predicted octanol–water partition coefficient (Wildman–Crippen LogP) is 1.43. The van der Waals surface area contributed by atoms with Gasteiger partial charge < -0.3 is 10.4 Å². The normalized spacial score (nSPS) is 13.2. The lowest BCUT2D eigenvalue weighted by atomic mass is 10.0. The zero-order chi connectivity index (χ0) is 10.3. The van der Waals surface area contributed by atoms with E-state index in [1.54, 1.807) is 0 Å². The van der Waals surface area contributed by atoms with E-state index in [9.17, 15) is 9.18 Å². The van der Waals surface area contributed by atoms with Gasteiger partial charge in [0.1, 0.15) is 6.04 Å². The minimum atomic E-state index is -0.854. The number of hydrogen-bond donors (Lipinski definition) is 2. The second kappa shape index (κ2) is 6.83. The number of halogens is 1. The van der Waals surface area contributed by atoms with Gasteiger partial charge in [0.05, 0.1) is 6.67 Å². The highest BCUT2D eigenvalue weighted by molar-refractivity contribution is 5.73. The van der Waals surface area contributed by atoms with Crippen LogP contribution in [0, 0.1) is 5.92 Å². The molecule has 0 fully saturated rings. The van der Waals surface area contributed by atoms with E-state index in [2.05, 4.69) is 5.32 Å². The number of carboxylic acid groups (broad SMARTS) is 1. The molecule has 0 aromatic rings. The quantitative estimate of drug-likeness (QED) is 0.598. The molecule has 0 heterocycles. The average molecular weight is 191 g/mol. The Bertz CT molecular complexity index is 151. The summed E-state index contributed by atoms with van der Waals surface area (Å²) in [6.07, 6.45) is 0.962. The summed E-state index contributed by atoms with van der Waals surface area (Å²) < 4.78 is 11.7. The third-order valence-electron chi connectivity index (χ3n) is 1.71. The second-order valence-corrected chi connectivity index (χ2v) is 3.52. The van der Waals surface area contributed by atoms with E-state index in [4.69, 9.17) is 5.11 Å². The van der Waals surface area contributed by atoms with Crippen LogP contribution in [0.25, 0.3) is 0 Å². The SMILES string of the molecule is CC(C)CC(NCCCF)C(=O)O. The van der Waals surface area contributed by atoms with Crippen LogP contribution >= 0.6 is 0 Å². The topological polar surface area (TPSA) is 49.3 Å². The Morgan fingerprint density at radius 3 is 2.54 bits per heavy atom. The fourth-order valence-electron chi connectivity index (χ4n) is 1.09. The molecule has 1 atom stereocenters. The summed E-state index contributed by atoms with van der Waals surface area (Å²) >= 11 is 0. The van der Waals surface area contributed by atoms with Gasteiger partial charge in [0.25, 0.3) is 0 Å². The average Bonchev–Trinajstić information content (AvgIpc) is 2.02. The monoisotopic (exact) mass is 191 g/mol. The van der Waals surface area contributed by atoms with Crippen LogP contribution in [0.4, 0.5) is 4.39 Å². The number of nitrogens with one attached hydrogen (secondary N) is 1. The summed E-state index contributed by atoms with van der Waals surface area (Å²) in [5.41, 5.74) is 0. The molecule has 0 saturated heterocycles. The van der Waals surface area contributed by atoms with Crippen LogP contribution < -0.4 is 5.32 Å². The Hall–Kier alpha value is -0.640. The van der Waals surface area contributed by atoms with Crippen LogP contribution in [-0.4, -0.2) is 30.3 Å². The smallest absolute Gasteiger partial charge is 0.320 e. The summed E-state index contributed by atoms with van der Waals surface area (Å²) in [6.45, 7) is 3.96. The van der Waals surface area contributed by atoms with Gasteiger partial charge in [-0.15, -0.1) is 0 Å². The third kappa shape index (κ3) is 6.51. The van der Waals surface area contributed by atoms with Gasteiger partial charge in [0.15, 0.2) is 0 Å². The number of alkyl halides is 1. The van der Waals surface area contributed by atoms with Crippen LogP contribution in [0.15, 0.2) is 0 Å². The maximum Gasteiger partial charge on any atom is 0.320 e. The van der Waals surface area contributed by atoms with Crippen LogP contribution in [0.2, 0.25) is 0 Å². The van der Waals surface area contributed by atoms with Gasteiger partial charge in [-0.2, -0.15) is 0 Å². The molecule has 0 saturated carbocycles. The van der Waals surface area contributed by atoms with E-state index in [1.165, 1.54) is 0 Å². The molecule has 0 amide bonds. The lowest BCUT2D eigenvalue weighted by Gasteiger charge is -2.15. The van der Waals surface area contributed by atoms with Crippen molar-refractivity contribution in [3.05, 3.63) is 0 Å². The number of carboxylic acids is 1. The van der Waals surface area contributed by atoms with E-state index >= 15 is 0 Å². The van der Waals surface area contributed by atoms with Crippen LogP contribution in [0.1, 0.15) is 26.7 Å². The fraction of sp³-hybridized carbons (Fsp3) is 0.889. The molecule has 0 bridgehead atoms. The zero-order valence-electron chi connectivity index (χ0n) is 8.22. The fourth-order valence-corrected chi connectivity index (χ4v) is 1.09. The summed E-state index contributed by atoms with van der Waals surface area (Å²) in [7, 11) is 0. The molecule has 0 spiro atoms. The van der Waals surface area contributed by atoms with Crippen LogP contribution in [-0.2, 0) is 4.79 Å². The number of carbonyl (C=O) groups is 1. The molecular formula is C9H18FNO2. The second-order valence-electron chi connectivity index (χ2n) is 3.52. The number of aliphatic carboxylic acids is 1. The first-order valence-corrected chi connectivity index (χ1v) is 4.60. The van der Waals surface area contributed by atoms with Gasteiger partial charge in [0.2, 0.25) is 0 Å². The van der Waals surface area contributed by atoms with E-state index in [0.717, 1.165) is 0 Å². The van der Waals surface area contributed by atoms with Gasteiger partial charge >= 0.3 is 5.97 Å². The van der Waals surface area contributed by atoms with Crippen molar-refractivity contribution in [3.8, 4) is 0 Å². The molecule has 0 aliphatic carbocycles. The van der Waals surface area contributed by atoms with Crippen LogP contribution in [0.5, 0.6) is 0 Å². The highest BCUT2D eigenvalue weighted by Crippen LogP contribution is 2.04. The minimum absolute atomic E-state index is 0.332. The Morgan fingerprint density at radius 1 is 1.54 bits per heavy atom. The lowest BCUT2D eigenvalue weighted by Crippen LogP contribution is -2.38. The summed E-state index contributed by atoms with van der Waals surface area (Å²) in [6, 6.07) is -0.536. The minimum Gasteiger partial charge on any atom is -0.480 e. The van der Waals surface area contributed by atoms with Crippen molar-refractivity contribution < 1.29 is 14.3 Å². The largest absolute Gasteiger partial charge is 0.480 e.